The molecule has 1 aromatic carbocycles. The third-order valence-electron chi connectivity index (χ3n) is 3.33. The summed E-state index contributed by atoms with van der Waals surface area (Å²) in [4.78, 5) is 0. The summed E-state index contributed by atoms with van der Waals surface area (Å²) in [5.41, 5.74) is 4.08. The average Bonchev–Trinajstić information content (AvgIpc) is 2.31. The Morgan fingerprint density at radius 2 is 1.94 bits per heavy atom. The molecule has 1 atom stereocenters. The van der Waals surface area contributed by atoms with Crippen molar-refractivity contribution in [3.63, 3.8) is 0 Å². The van der Waals surface area contributed by atoms with Crippen LogP contribution in [0.2, 0.25) is 0 Å². The van der Waals surface area contributed by atoms with E-state index >= 15 is 0 Å². The Labute approximate surface area is 111 Å². The smallest absolute Gasteiger partial charge is 0.122 e. The second-order valence-corrected chi connectivity index (χ2v) is 5.11. The number of hydrogen-bond donors (Lipinski definition) is 1. The zero-order chi connectivity index (χ0) is 12.8. The van der Waals surface area contributed by atoms with Gasteiger partial charge in [0.1, 0.15) is 5.75 Å². The zero-order valence-corrected chi connectivity index (χ0v) is 12.3. The molecule has 0 saturated carbocycles. The molecule has 0 radical (unpaired) electrons. The number of hydrogen-bond acceptors (Lipinski definition) is 2. The Hall–Kier alpha value is -0.630. The summed E-state index contributed by atoms with van der Waals surface area (Å²) in [6, 6.07) is 4.32. The van der Waals surface area contributed by atoms with E-state index in [0.29, 0.717) is 5.92 Å². The van der Waals surface area contributed by atoms with E-state index in [1.165, 1.54) is 16.7 Å². The van der Waals surface area contributed by atoms with Gasteiger partial charge in [0.15, 0.2) is 0 Å². The SMILES string of the molecule is CCCOc1ccc(C(C)CCS)c(C)c1C. The Balaban J connectivity index is 2.93. The predicted octanol–water partition coefficient (Wildman–Crippen LogP) is 4.52. The van der Waals surface area contributed by atoms with Crippen LogP contribution >= 0.6 is 12.6 Å². The highest BCUT2D eigenvalue weighted by atomic mass is 32.1. The molecule has 0 aliphatic rings. The quantitative estimate of drug-likeness (QED) is 0.733. The van der Waals surface area contributed by atoms with Crippen molar-refractivity contribution in [1.82, 2.24) is 0 Å². The maximum Gasteiger partial charge on any atom is 0.122 e. The number of ether oxygens (including phenoxy) is 1. The lowest BCUT2D eigenvalue weighted by molar-refractivity contribution is 0.315. The van der Waals surface area contributed by atoms with Gasteiger partial charge in [-0.15, -0.1) is 0 Å². The van der Waals surface area contributed by atoms with Crippen molar-refractivity contribution in [2.24, 2.45) is 0 Å². The van der Waals surface area contributed by atoms with Crippen LogP contribution in [-0.4, -0.2) is 12.4 Å². The first-order valence-corrected chi connectivity index (χ1v) is 7.08. The van der Waals surface area contributed by atoms with Gasteiger partial charge in [-0.05, 0) is 61.1 Å². The van der Waals surface area contributed by atoms with Crippen molar-refractivity contribution in [1.29, 1.82) is 0 Å². The summed E-state index contributed by atoms with van der Waals surface area (Å²) in [5, 5.41) is 0. The first-order valence-electron chi connectivity index (χ1n) is 6.45. The third-order valence-corrected chi connectivity index (χ3v) is 3.59. The van der Waals surface area contributed by atoms with E-state index in [-0.39, 0.29) is 0 Å². The highest BCUT2D eigenvalue weighted by Crippen LogP contribution is 2.30. The van der Waals surface area contributed by atoms with Crippen LogP contribution in [0.4, 0.5) is 0 Å². The number of benzene rings is 1. The molecule has 17 heavy (non-hydrogen) atoms. The molecule has 2 heteroatoms. The van der Waals surface area contributed by atoms with E-state index in [4.69, 9.17) is 4.74 Å². The van der Waals surface area contributed by atoms with Crippen LogP contribution in [0.1, 0.15) is 49.3 Å². The molecule has 96 valence electrons. The third kappa shape index (κ3) is 3.67. The number of thiol groups is 1. The minimum absolute atomic E-state index is 0.575. The summed E-state index contributed by atoms with van der Waals surface area (Å²) in [6.07, 6.45) is 2.18. The van der Waals surface area contributed by atoms with Gasteiger partial charge in [-0.3, -0.25) is 0 Å². The Kier molecular flexibility index (Phi) is 5.90. The largest absolute Gasteiger partial charge is 0.493 e. The van der Waals surface area contributed by atoms with Crippen LogP contribution in [0.5, 0.6) is 5.75 Å². The van der Waals surface area contributed by atoms with Gasteiger partial charge in [0.2, 0.25) is 0 Å². The van der Waals surface area contributed by atoms with Crippen molar-refractivity contribution in [3.8, 4) is 5.75 Å². The second kappa shape index (κ2) is 6.95. The molecular weight excluding hydrogens is 228 g/mol. The molecule has 0 aliphatic carbocycles. The molecule has 0 N–H and O–H groups in total. The van der Waals surface area contributed by atoms with Gasteiger partial charge in [-0.2, -0.15) is 12.6 Å². The number of rotatable bonds is 6. The first-order chi connectivity index (χ1) is 8.11. The van der Waals surface area contributed by atoms with Gasteiger partial charge in [0, 0.05) is 0 Å². The van der Waals surface area contributed by atoms with E-state index in [0.717, 1.165) is 31.0 Å². The first kappa shape index (κ1) is 14.4. The average molecular weight is 252 g/mol. The van der Waals surface area contributed by atoms with Crippen molar-refractivity contribution < 1.29 is 4.74 Å². The summed E-state index contributed by atoms with van der Waals surface area (Å²) in [6.45, 7) is 9.54. The van der Waals surface area contributed by atoms with Crippen LogP contribution in [0.15, 0.2) is 12.1 Å². The van der Waals surface area contributed by atoms with Crippen LogP contribution in [-0.2, 0) is 0 Å². The molecule has 0 spiro atoms. The minimum Gasteiger partial charge on any atom is -0.493 e. The molecule has 1 rings (SSSR count). The fourth-order valence-corrected chi connectivity index (χ4v) is 2.46. The van der Waals surface area contributed by atoms with Crippen molar-refractivity contribution in [2.75, 3.05) is 12.4 Å². The van der Waals surface area contributed by atoms with Crippen LogP contribution < -0.4 is 4.74 Å². The molecular formula is C15H24OS. The van der Waals surface area contributed by atoms with Crippen molar-refractivity contribution in [3.05, 3.63) is 28.8 Å². The predicted molar refractivity (Wildman–Crippen MR) is 78.6 cm³/mol. The molecule has 0 saturated heterocycles. The standard InChI is InChI=1S/C15H24OS/c1-5-9-16-15-7-6-14(11(2)8-10-17)12(3)13(15)4/h6-7,11,17H,5,8-10H2,1-4H3. The zero-order valence-electron chi connectivity index (χ0n) is 11.4. The molecule has 1 unspecified atom stereocenters. The van der Waals surface area contributed by atoms with E-state index in [1.54, 1.807) is 0 Å². The van der Waals surface area contributed by atoms with E-state index in [9.17, 15) is 0 Å². The monoisotopic (exact) mass is 252 g/mol. The minimum atomic E-state index is 0.575. The normalized spacial score (nSPS) is 12.5. The summed E-state index contributed by atoms with van der Waals surface area (Å²) < 4.78 is 5.75. The van der Waals surface area contributed by atoms with Gasteiger partial charge < -0.3 is 4.74 Å². The molecule has 0 aliphatic heterocycles. The lowest BCUT2D eigenvalue weighted by Gasteiger charge is -2.18. The summed E-state index contributed by atoms with van der Waals surface area (Å²) in [5.74, 6) is 2.55. The fraction of sp³-hybridized carbons (Fsp3) is 0.600. The molecule has 0 bridgehead atoms. The lowest BCUT2D eigenvalue weighted by Crippen LogP contribution is -2.03. The topological polar surface area (TPSA) is 9.23 Å². The fourth-order valence-electron chi connectivity index (χ4n) is 2.07. The molecule has 0 amide bonds. The van der Waals surface area contributed by atoms with Crippen LogP contribution in [0.25, 0.3) is 0 Å². The Morgan fingerprint density at radius 1 is 1.24 bits per heavy atom. The molecule has 0 fully saturated rings. The van der Waals surface area contributed by atoms with E-state index in [2.05, 4.69) is 52.5 Å². The van der Waals surface area contributed by atoms with Gasteiger partial charge in [0.05, 0.1) is 6.61 Å². The highest BCUT2D eigenvalue weighted by molar-refractivity contribution is 7.80. The van der Waals surface area contributed by atoms with Gasteiger partial charge in [0.25, 0.3) is 0 Å². The van der Waals surface area contributed by atoms with Crippen molar-refractivity contribution in [2.45, 2.75) is 46.5 Å². The van der Waals surface area contributed by atoms with Gasteiger partial charge in [-0.25, -0.2) is 0 Å². The maximum atomic E-state index is 5.75. The molecule has 0 heterocycles. The summed E-state index contributed by atoms with van der Waals surface area (Å²) >= 11 is 4.31. The molecule has 1 aromatic rings. The van der Waals surface area contributed by atoms with Crippen molar-refractivity contribution >= 4 is 12.6 Å². The second-order valence-electron chi connectivity index (χ2n) is 4.66. The lowest BCUT2D eigenvalue weighted by atomic mass is 9.91. The Morgan fingerprint density at radius 3 is 2.53 bits per heavy atom. The Bertz CT molecular complexity index is 360. The van der Waals surface area contributed by atoms with Gasteiger partial charge >= 0.3 is 0 Å². The summed E-state index contributed by atoms with van der Waals surface area (Å²) in [7, 11) is 0. The maximum absolute atomic E-state index is 5.75. The molecule has 0 aromatic heterocycles. The van der Waals surface area contributed by atoms with E-state index < -0.39 is 0 Å². The van der Waals surface area contributed by atoms with Gasteiger partial charge in [-0.1, -0.05) is 19.9 Å². The van der Waals surface area contributed by atoms with Crippen LogP contribution in [0.3, 0.4) is 0 Å². The van der Waals surface area contributed by atoms with E-state index in [1.807, 2.05) is 0 Å². The highest BCUT2D eigenvalue weighted by Gasteiger charge is 2.12. The molecule has 1 nitrogen and oxygen atoms in total. The van der Waals surface area contributed by atoms with Crippen LogP contribution in [0, 0.1) is 13.8 Å².